The van der Waals surface area contributed by atoms with Crippen LogP contribution in [0, 0.1) is 6.92 Å². The van der Waals surface area contributed by atoms with Crippen molar-refractivity contribution in [2.75, 3.05) is 5.32 Å². The van der Waals surface area contributed by atoms with Gasteiger partial charge in [-0.15, -0.1) is 0 Å². The molecule has 1 atom stereocenters. The largest absolute Gasteiger partial charge is 0.340 e. The number of para-hydroxylation sites is 1. The van der Waals surface area contributed by atoms with E-state index in [4.69, 9.17) is 5.10 Å². The lowest BCUT2D eigenvalue weighted by molar-refractivity contribution is -0.118. The van der Waals surface area contributed by atoms with Crippen LogP contribution in [0.2, 0.25) is 0 Å². The van der Waals surface area contributed by atoms with Crippen molar-refractivity contribution in [3.8, 4) is 5.69 Å². The smallest absolute Gasteiger partial charge is 0.251 e. The van der Waals surface area contributed by atoms with Gasteiger partial charge in [0.15, 0.2) is 0 Å². The minimum atomic E-state index is -0.785. The summed E-state index contributed by atoms with van der Waals surface area (Å²) in [6.45, 7) is 10.5. The van der Waals surface area contributed by atoms with Crippen LogP contribution in [0.5, 0.6) is 0 Å². The van der Waals surface area contributed by atoms with Gasteiger partial charge >= 0.3 is 0 Å². The van der Waals surface area contributed by atoms with Crippen molar-refractivity contribution in [3.05, 3.63) is 113 Å². The van der Waals surface area contributed by atoms with Gasteiger partial charge in [0.25, 0.3) is 5.91 Å². The molecule has 1 aromatic heterocycles. The van der Waals surface area contributed by atoms with Gasteiger partial charge in [-0.05, 0) is 54.7 Å². The number of anilines is 1. The molecule has 4 aromatic rings. The zero-order valence-corrected chi connectivity index (χ0v) is 25.6. The molecule has 4 rings (SSSR count). The number of hydrogen-bond donors (Lipinski definition) is 2. The molecule has 0 aliphatic carbocycles. The summed E-state index contributed by atoms with van der Waals surface area (Å²) in [5.74, 6) is 0.000286. The molecule has 0 aliphatic rings. The monoisotopic (exact) mass is 564 g/mol. The van der Waals surface area contributed by atoms with Crippen molar-refractivity contribution in [2.24, 2.45) is 0 Å². The maximum atomic E-state index is 13.9. The number of nitrogens with zero attached hydrogens (tertiary/aromatic N) is 2. The number of nitrogens with one attached hydrogen (secondary N) is 2. The Hall–Kier alpha value is -4.19. The number of amides is 2. The number of hydrogen-bond acceptors (Lipinski definition) is 3. The van der Waals surface area contributed by atoms with Crippen molar-refractivity contribution in [2.45, 2.75) is 84.6 Å². The van der Waals surface area contributed by atoms with Crippen LogP contribution in [0.3, 0.4) is 0 Å². The molecule has 0 aliphatic heterocycles. The lowest BCUT2D eigenvalue weighted by Crippen LogP contribution is -2.45. The summed E-state index contributed by atoms with van der Waals surface area (Å²) < 4.78 is 1.79. The average molecular weight is 565 g/mol. The van der Waals surface area contributed by atoms with E-state index in [0.717, 1.165) is 35.3 Å². The van der Waals surface area contributed by atoms with Gasteiger partial charge in [-0.3, -0.25) is 9.59 Å². The van der Waals surface area contributed by atoms with Gasteiger partial charge in [0.2, 0.25) is 5.91 Å². The van der Waals surface area contributed by atoms with Crippen LogP contribution in [0.25, 0.3) is 5.69 Å². The summed E-state index contributed by atoms with van der Waals surface area (Å²) >= 11 is 0. The van der Waals surface area contributed by atoms with Crippen molar-refractivity contribution in [1.82, 2.24) is 15.1 Å². The van der Waals surface area contributed by atoms with Gasteiger partial charge in [-0.25, -0.2) is 4.68 Å². The first-order valence-electron chi connectivity index (χ1n) is 15.1. The maximum Gasteiger partial charge on any atom is 0.251 e. The fraction of sp³-hybridized carbons (Fsp3) is 0.361. The molecule has 220 valence electrons. The number of carbonyl (C=O) groups excluding carboxylic acids is 2. The zero-order valence-electron chi connectivity index (χ0n) is 25.6. The van der Waals surface area contributed by atoms with E-state index in [1.54, 1.807) is 4.68 Å². The van der Waals surface area contributed by atoms with Crippen LogP contribution < -0.4 is 10.6 Å². The maximum absolute atomic E-state index is 13.9. The van der Waals surface area contributed by atoms with Gasteiger partial charge in [-0.1, -0.05) is 108 Å². The lowest BCUT2D eigenvalue weighted by atomic mass is 9.92. The second-order valence-corrected chi connectivity index (χ2v) is 12.1. The van der Waals surface area contributed by atoms with Crippen molar-refractivity contribution < 1.29 is 9.59 Å². The highest BCUT2D eigenvalue weighted by Gasteiger charge is 2.26. The molecule has 2 N–H and O–H groups in total. The Kier molecular flexibility index (Phi) is 10.3. The fourth-order valence-corrected chi connectivity index (χ4v) is 4.91. The van der Waals surface area contributed by atoms with Crippen LogP contribution in [0.1, 0.15) is 86.1 Å². The molecule has 6 nitrogen and oxygen atoms in total. The van der Waals surface area contributed by atoms with Gasteiger partial charge in [0.05, 0.1) is 11.4 Å². The SMILES string of the molecule is CCCCCCc1ccc(C(=O)N[C@@H](Cc2ccccc2)C(=O)Nc2cc(C(C)(C)C)nn2-c2ccccc2C)cc1. The molecular weight excluding hydrogens is 520 g/mol. The molecule has 0 radical (unpaired) electrons. The van der Waals surface area contributed by atoms with Crippen LogP contribution in [0.15, 0.2) is 84.9 Å². The van der Waals surface area contributed by atoms with E-state index >= 15 is 0 Å². The molecule has 0 spiro atoms. The first-order valence-corrected chi connectivity index (χ1v) is 15.1. The van der Waals surface area contributed by atoms with Gasteiger partial charge in [0, 0.05) is 23.5 Å². The molecule has 0 fully saturated rings. The first-order chi connectivity index (χ1) is 20.2. The quantitative estimate of drug-likeness (QED) is 0.174. The van der Waals surface area contributed by atoms with Crippen LogP contribution in [-0.4, -0.2) is 27.6 Å². The zero-order chi connectivity index (χ0) is 30.1. The highest BCUT2D eigenvalue weighted by atomic mass is 16.2. The van der Waals surface area contributed by atoms with E-state index in [9.17, 15) is 9.59 Å². The fourth-order valence-electron chi connectivity index (χ4n) is 4.91. The van der Waals surface area contributed by atoms with Crippen LogP contribution >= 0.6 is 0 Å². The third-order valence-electron chi connectivity index (χ3n) is 7.51. The highest BCUT2D eigenvalue weighted by molar-refractivity contribution is 6.01. The normalized spacial score (nSPS) is 12.1. The van der Waals surface area contributed by atoms with E-state index in [1.165, 1.54) is 24.8 Å². The molecule has 1 heterocycles. The van der Waals surface area contributed by atoms with E-state index in [1.807, 2.05) is 91.9 Å². The number of rotatable bonds is 12. The molecule has 0 unspecified atom stereocenters. The van der Waals surface area contributed by atoms with E-state index < -0.39 is 6.04 Å². The molecule has 0 bridgehead atoms. The Morgan fingerprint density at radius 2 is 1.55 bits per heavy atom. The standard InChI is InChI=1S/C36H44N4O2/c1-6-7-8-10-16-27-20-22-29(23-21-27)34(41)37-30(24-28-17-11-9-12-18-28)35(42)38-33-25-32(36(3,4)5)39-40(33)31-19-14-13-15-26(31)2/h9,11-15,17-23,25,30H,6-8,10,16,24H2,1-5H3,(H,37,41)(H,38,42)/t30-/m0/s1. The van der Waals surface area contributed by atoms with Crippen molar-refractivity contribution >= 4 is 17.6 Å². The van der Waals surface area contributed by atoms with E-state index in [-0.39, 0.29) is 17.2 Å². The van der Waals surface area contributed by atoms with Crippen molar-refractivity contribution in [3.63, 3.8) is 0 Å². The Labute approximate surface area is 250 Å². The van der Waals surface area contributed by atoms with Gasteiger partial charge < -0.3 is 10.6 Å². The predicted octanol–water partition coefficient (Wildman–Crippen LogP) is 7.58. The van der Waals surface area contributed by atoms with Crippen LogP contribution in [-0.2, 0) is 23.1 Å². The topological polar surface area (TPSA) is 76.0 Å². The van der Waals surface area contributed by atoms with Crippen molar-refractivity contribution in [1.29, 1.82) is 0 Å². The van der Waals surface area contributed by atoms with E-state index in [2.05, 4.69) is 38.3 Å². The molecule has 2 amide bonds. The summed E-state index contributed by atoms with van der Waals surface area (Å²) in [6.07, 6.45) is 6.19. The minimum absolute atomic E-state index is 0.215. The Morgan fingerprint density at radius 3 is 2.21 bits per heavy atom. The summed E-state index contributed by atoms with van der Waals surface area (Å²) in [5, 5.41) is 11.0. The molecular formula is C36H44N4O2. The second-order valence-electron chi connectivity index (χ2n) is 12.1. The number of aromatic nitrogens is 2. The summed E-state index contributed by atoms with van der Waals surface area (Å²) in [4.78, 5) is 27.2. The lowest BCUT2D eigenvalue weighted by Gasteiger charge is -2.19. The average Bonchev–Trinajstić information content (AvgIpc) is 3.40. The molecule has 0 saturated carbocycles. The number of aryl methyl sites for hydroxylation is 2. The first kappa shape index (κ1) is 30.8. The predicted molar refractivity (Wildman–Crippen MR) is 171 cm³/mol. The Morgan fingerprint density at radius 1 is 0.857 bits per heavy atom. The Balaban J connectivity index is 1.57. The van der Waals surface area contributed by atoms with E-state index in [0.29, 0.717) is 17.8 Å². The Bertz CT molecular complexity index is 1470. The third kappa shape index (κ3) is 8.19. The molecule has 42 heavy (non-hydrogen) atoms. The summed E-state index contributed by atoms with van der Waals surface area (Å²) in [7, 11) is 0. The van der Waals surface area contributed by atoms with Gasteiger partial charge in [-0.2, -0.15) is 5.10 Å². The third-order valence-corrected chi connectivity index (χ3v) is 7.51. The minimum Gasteiger partial charge on any atom is -0.340 e. The number of unbranched alkanes of at least 4 members (excludes halogenated alkanes) is 3. The highest BCUT2D eigenvalue weighted by Crippen LogP contribution is 2.27. The summed E-state index contributed by atoms with van der Waals surface area (Å²) in [6, 6.07) is 26.6. The molecule has 6 heteroatoms. The summed E-state index contributed by atoms with van der Waals surface area (Å²) in [5.41, 5.74) is 5.30. The molecule has 3 aromatic carbocycles. The second kappa shape index (κ2) is 14.1. The van der Waals surface area contributed by atoms with Crippen LogP contribution in [0.4, 0.5) is 5.82 Å². The number of benzene rings is 3. The van der Waals surface area contributed by atoms with Gasteiger partial charge in [0.1, 0.15) is 11.9 Å². The number of carbonyl (C=O) groups is 2. The molecule has 0 saturated heterocycles.